The Morgan fingerprint density at radius 1 is 1.18 bits per heavy atom. The van der Waals surface area contributed by atoms with E-state index >= 15 is 0 Å². The number of nitriles is 1. The van der Waals surface area contributed by atoms with Crippen molar-refractivity contribution >= 4 is 52.5 Å². The highest BCUT2D eigenvalue weighted by Crippen LogP contribution is 2.25. The Bertz CT molecular complexity index is 1500. The lowest BCUT2D eigenvalue weighted by Crippen LogP contribution is -2.55. The van der Waals surface area contributed by atoms with Gasteiger partial charge in [0.25, 0.3) is 17.4 Å². The molecule has 2 amide bonds. The minimum Gasteiger partial charge on any atom is -0.480 e. The highest BCUT2D eigenvalue weighted by molar-refractivity contribution is 6.04. The summed E-state index contributed by atoms with van der Waals surface area (Å²) in [5, 5.41) is 32.1. The number of pyridine rings is 1. The van der Waals surface area contributed by atoms with Gasteiger partial charge in [-0.1, -0.05) is 6.07 Å². The van der Waals surface area contributed by atoms with Crippen molar-refractivity contribution in [3.8, 4) is 6.07 Å². The average Bonchev–Trinajstić information content (AvgIpc) is 2.89. The molecule has 1 saturated heterocycles. The van der Waals surface area contributed by atoms with Gasteiger partial charge in [0.05, 0.1) is 23.8 Å². The second-order valence-corrected chi connectivity index (χ2v) is 8.30. The van der Waals surface area contributed by atoms with Gasteiger partial charge in [0.1, 0.15) is 6.54 Å². The number of rotatable bonds is 7. The van der Waals surface area contributed by atoms with Crippen molar-refractivity contribution < 1.29 is 29.3 Å². The number of amides is 2. The Labute approximate surface area is 222 Å². The Hall–Kier alpha value is -4.28. The number of benzene rings is 2. The van der Waals surface area contributed by atoms with Crippen LogP contribution in [0, 0.1) is 11.3 Å². The third-order valence-corrected chi connectivity index (χ3v) is 5.97. The first-order chi connectivity index (χ1) is 17.7. The van der Waals surface area contributed by atoms with Crippen LogP contribution in [0.2, 0.25) is 0 Å². The number of nitrogens with two attached hydrogens (primary N) is 1. The number of carbonyl (C=O) groups excluding carboxylic acids is 2. The third-order valence-electron chi connectivity index (χ3n) is 5.97. The molecule has 0 radical (unpaired) electrons. The average molecular weight is 542 g/mol. The number of anilines is 2. The topological polar surface area (TPSA) is 188 Å². The maximum Gasteiger partial charge on any atom is 0.323 e. The van der Waals surface area contributed by atoms with Crippen LogP contribution in [-0.2, 0) is 32.2 Å². The number of fused-ring (bicyclic) bond motifs is 1. The number of morpholine rings is 1. The molecule has 38 heavy (non-hydrogen) atoms. The molecular weight excluding hydrogens is 518 g/mol. The summed E-state index contributed by atoms with van der Waals surface area (Å²) in [7, 11) is 0. The summed E-state index contributed by atoms with van der Waals surface area (Å²) in [6, 6.07) is 14.1. The maximum atomic E-state index is 13.2. The number of aliphatic carboxylic acids is 1. The number of halogens is 1. The molecule has 0 aliphatic carbocycles. The summed E-state index contributed by atoms with van der Waals surface area (Å²) in [6.07, 6.45) is -3.35. The van der Waals surface area contributed by atoms with Gasteiger partial charge in [-0.25, -0.2) is 0 Å². The molecule has 1 aliphatic heterocycles. The van der Waals surface area contributed by atoms with Crippen molar-refractivity contribution in [2.24, 2.45) is 5.73 Å². The van der Waals surface area contributed by atoms with Crippen LogP contribution in [0.3, 0.4) is 0 Å². The Kier molecular flexibility index (Phi) is 8.82. The molecule has 0 unspecified atom stereocenters. The van der Waals surface area contributed by atoms with Crippen LogP contribution in [0.25, 0.3) is 10.9 Å². The lowest BCUT2D eigenvalue weighted by atomic mass is 10.1. The molecule has 1 aromatic heterocycles. The molecule has 4 rings (SSSR count). The molecule has 1 aliphatic rings. The monoisotopic (exact) mass is 541 g/mol. The molecule has 2 aromatic carbocycles. The maximum absolute atomic E-state index is 13.2. The zero-order chi connectivity index (χ0) is 26.7. The number of carboxylic acids is 1. The molecule has 13 heteroatoms. The van der Waals surface area contributed by atoms with Crippen LogP contribution in [-0.4, -0.2) is 57.9 Å². The van der Waals surface area contributed by atoms with E-state index in [1.54, 1.807) is 18.2 Å². The summed E-state index contributed by atoms with van der Waals surface area (Å²) in [5.41, 5.74) is 6.94. The van der Waals surface area contributed by atoms with Crippen LogP contribution in [0.15, 0.2) is 53.3 Å². The van der Waals surface area contributed by atoms with Gasteiger partial charge in [0.2, 0.25) is 0 Å². The number of hydrogen-bond acceptors (Lipinski definition) is 8. The number of nitrogens with zero attached hydrogens (tertiary/aromatic N) is 3. The van der Waals surface area contributed by atoms with Crippen LogP contribution in [0.4, 0.5) is 11.4 Å². The third kappa shape index (κ3) is 5.66. The van der Waals surface area contributed by atoms with Gasteiger partial charge < -0.3 is 30.9 Å². The second-order valence-electron chi connectivity index (χ2n) is 8.30. The summed E-state index contributed by atoms with van der Waals surface area (Å²) in [5.74, 6) is -2.77. The van der Waals surface area contributed by atoms with Gasteiger partial charge in [0, 0.05) is 30.5 Å². The van der Waals surface area contributed by atoms with Gasteiger partial charge in [0.15, 0.2) is 12.2 Å². The van der Waals surface area contributed by atoms with Crippen molar-refractivity contribution in [3.63, 3.8) is 0 Å². The number of aliphatic hydroxyl groups is 1. The van der Waals surface area contributed by atoms with Gasteiger partial charge in [-0.2, -0.15) is 5.26 Å². The Morgan fingerprint density at radius 3 is 2.61 bits per heavy atom. The quantitative estimate of drug-likeness (QED) is 0.331. The first kappa shape index (κ1) is 28.3. The molecule has 2 atom stereocenters. The zero-order valence-corrected chi connectivity index (χ0v) is 20.7. The Morgan fingerprint density at radius 2 is 1.92 bits per heavy atom. The predicted molar refractivity (Wildman–Crippen MR) is 139 cm³/mol. The minimum absolute atomic E-state index is 0. The van der Waals surface area contributed by atoms with E-state index in [0.717, 1.165) is 4.57 Å². The fraction of sp³-hybridized carbons (Fsp3) is 0.240. The number of nitrogens with one attached hydrogen (secondary N) is 1. The number of carbonyl (C=O) groups is 3. The van der Waals surface area contributed by atoms with Crippen molar-refractivity contribution in [3.05, 3.63) is 70.0 Å². The van der Waals surface area contributed by atoms with Crippen molar-refractivity contribution in [1.29, 1.82) is 5.26 Å². The van der Waals surface area contributed by atoms with Crippen LogP contribution >= 0.6 is 12.4 Å². The summed E-state index contributed by atoms with van der Waals surface area (Å²) in [6.45, 7) is -0.357. The minimum atomic E-state index is -1.85. The van der Waals surface area contributed by atoms with Crippen LogP contribution in [0.1, 0.15) is 11.1 Å². The van der Waals surface area contributed by atoms with Gasteiger partial charge >= 0.3 is 5.97 Å². The number of aromatic nitrogens is 1. The highest BCUT2D eigenvalue weighted by Gasteiger charge is 2.39. The molecule has 198 valence electrons. The summed E-state index contributed by atoms with van der Waals surface area (Å²) in [4.78, 5) is 50.8. The van der Waals surface area contributed by atoms with E-state index in [1.165, 1.54) is 35.2 Å². The number of ether oxygens (including phenoxy) is 1. The van der Waals surface area contributed by atoms with E-state index in [9.17, 15) is 29.4 Å². The normalized spacial score (nSPS) is 15.9. The van der Waals surface area contributed by atoms with Crippen molar-refractivity contribution in [2.45, 2.75) is 25.3 Å². The number of aliphatic hydroxyl groups excluding tert-OH is 1. The van der Waals surface area contributed by atoms with Crippen molar-refractivity contribution in [2.75, 3.05) is 23.4 Å². The highest BCUT2D eigenvalue weighted by atomic mass is 35.5. The van der Waals surface area contributed by atoms with E-state index < -0.39 is 42.1 Å². The molecule has 1 fully saturated rings. The molecular formula is C25H24ClN5O7. The summed E-state index contributed by atoms with van der Waals surface area (Å²) < 4.78 is 6.51. The summed E-state index contributed by atoms with van der Waals surface area (Å²) >= 11 is 0. The van der Waals surface area contributed by atoms with E-state index in [4.69, 9.17) is 15.7 Å². The first-order valence-corrected chi connectivity index (χ1v) is 11.2. The van der Waals surface area contributed by atoms with E-state index in [0.29, 0.717) is 27.7 Å². The predicted octanol–water partition coefficient (Wildman–Crippen LogP) is 0.570. The fourth-order valence-electron chi connectivity index (χ4n) is 4.13. The van der Waals surface area contributed by atoms with Crippen molar-refractivity contribution in [1.82, 2.24) is 4.57 Å². The first-order valence-electron chi connectivity index (χ1n) is 11.2. The molecule has 0 spiro atoms. The van der Waals surface area contributed by atoms with Gasteiger partial charge in [-0.05, 0) is 47.3 Å². The molecule has 0 saturated carbocycles. The SMILES string of the molecule is Cl.N#Cc1ccc(NC(=O)[C@H](O)[C@H]2OCCN(c3ccc4ccc(=O)n(CC(=O)O)c4c3)C2=O)cc1CN. The Balaban J connectivity index is 0.00000400. The molecule has 2 heterocycles. The smallest absolute Gasteiger partial charge is 0.323 e. The lowest BCUT2D eigenvalue weighted by molar-refractivity contribution is -0.150. The number of hydrogen-bond donors (Lipinski definition) is 4. The zero-order valence-electron chi connectivity index (χ0n) is 19.9. The number of carboxylic acid groups (broad SMARTS) is 1. The van der Waals surface area contributed by atoms with E-state index in [1.807, 2.05) is 6.07 Å². The fourth-order valence-corrected chi connectivity index (χ4v) is 4.13. The molecule has 0 bridgehead atoms. The van der Waals surface area contributed by atoms with E-state index in [-0.39, 0.29) is 37.8 Å². The lowest BCUT2D eigenvalue weighted by Gasteiger charge is -2.34. The van der Waals surface area contributed by atoms with Gasteiger partial charge in [-0.15, -0.1) is 12.4 Å². The second kappa shape index (κ2) is 11.8. The largest absolute Gasteiger partial charge is 0.480 e. The van der Waals surface area contributed by atoms with Crippen LogP contribution in [0.5, 0.6) is 0 Å². The molecule has 3 aromatic rings. The molecule has 12 nitrogen and oxygen atoms in total. The van der Waals surface area contributed by atoms with Gasteiger partial charge in [-0.3, -0.25) is 23.7 Å². The van der Waals surface area contributed by atoms with Crippen LogP contribution < -0.4 is 21.5 Å². The molecule has 5 N–H and O–H groups in total. The standard InChI is InChI=1S/C25H23N5O7.ClH/c26-11-15-1-4-17(9-16(15)12-27)28-24(35)22(34)23-25(36)29(7-8-37-23)18-5-2-14-3-6-20(31)30(13-21(32)33)19(14)10-18;/h1-6,9-10,22-23,34H,7-8,12-13,27H2,(H,28,35)(H,32,33);1H/t22-,23-;/m1./s1. The van der Waals surface area contributed by atoms with E-state index in [2.05, 4.69) is 5.32 Å².